The molecule has 0 spiro atoms. The first-order valence-corrected chi connectivity index (χ1v) is 9.91. The number of piperazine rings is 1. The van der Waals surface area contributed by atoms with Crippen molar-refractivity contribution in [1.82, 2.24) is 24.9 Å². The quantitative estimate of drug-likeness (QED) is 0.850. The Kier molecular flexibility index (Phi) is 6.75. The molecule has 2 fully saturated rings. The Labute approximate surface area is 173 Å². The molecule has 0 saturated carbocycles. The lowest BCUT2D eigenvalue weighted by Crippen LogP contribution is -2.56. The molecule has 152 valence electrons. The fourth-order valence-electron chi connectivity index (χ4n) is 4.33. The minimum atomic E-state index is 0. The number of halogens is 1. The summed E-state index contributed by atoms with van der Waals surface area (Å²) in [7, 11) is 1.96. The first-order valence-electron chi connectivity index (χ1n) is 9.91. The van der Waals surface area contributed by atoms with Crippen LogP contribution in [0.3, 0.4) is 0 Å². The van der Waals surface area contributed by atoms with E-state index in [1.165, 1.54) is 22.3 Å². The van der Waals surface area contributed by atoms with Gasteiger partial charge in [-0.3, -0.25) is 14.4 Å². The lowest BCUT2D eigenvalue weighted by Gasteiger charge is -2.41. The van der Waals surface area contributed by atoms with E-state index in [1.807, 2.05) is 17.9 Å². The van der Waals surface area contributed by atoms with Gasteiger partial charge in [-0.2, -0.15) is 5.10 Å². The van der Waals surface area contributed by atoms with Crippen molar-refractivity contribution in [2.24, 2.45) is 7.05 Å². The summed E-state index contributed by atoms with van der Waals surface area (Å²) in [5.41, 5.74) is 5.03. The highest BCUT2D eigenvalue weighted by Crippen LogP contribution is 2.27. The molecule has 2 aliphatic rings. The molecule has 7 heteroatoms. The Morgan fingerprint density at radius 3 is 2.89 bits per heavy atom. The summed E-state index contributed by atoms with van der Waals surface area (Å²) >= 11 is 0. The van der Waals surface area contributed by atoms with Gasteiger partial charge in [0.2, 0.25) is 5.91 Å². The van der Waals surface area contributed by atoms with Crippen molar-refractivity contribution in [2.75, 3.05) is 32.7 Å². The van der Waals surface area contributed by atoms with Crippen LogP contribution in [0.25, 0.3) is 11.1 Å². The van der Waals surface area contributed by atoms with Crippen LogP contribution in [-0.4, -0.2) is 64.3 Å². The third kappa shape index (κ3) is 4.57. The normalized spacial score (nSPS) is 20.9. The van der Waals surface area contributed by atoms with Crippen molar-refractivity contribution in [3.05, 3.63) is 41.7 Å². The summed E-state index contributed by atoms with van der Waals surface area (Å²) < 4.78 is 1.86. The summed E-state index contributed by atoms with van der Waals surface area (Å²) in [5.74, 6) is 0.250. The van der Waals surface area contributed by atoms with Gasteiger partial charge in [-0.1, -0.05) is 23.8 Å². The maximum Gasteiger partial charge on any atom is 0.236 e. The monoisotopic (exact) mass is 403 g/mol. The molecule has 1 aromatic heterocycles. The number of piperidine rings is 1. The lowest BCUT2D eigenvalue weighted by molar-refractivity contribution is -0.135. The van der Waals surface area contributed by atoms with E-state index in [9.17, 15) is 4.79 Å². The summed E-state index contributed by atoms with van der Waals surface area (Å²) in [6.45, 7) is 7.34. The Morgan fingerprint density at radius 2 is 2.14 bits per heavy atom. The van der Waals surface area contributed by atoms with E-state index in [1.54, 1.807) is 0 Å². The second kappa shape index (κ2) is 9.07. The van der Waals surface area contributed by atoms with Crippen molar-refractivity contribution in [3.63, 3.8) is 0 Å². The zero-order valence-corrected chi connectivity index (χ0v) is 17.5. The van der Waals surface area contributed by atoms with Crippen molar-refractivity contribution in [1.29, 1.82) is 0 Å². The molecule has 1 aromatic carbocycles. The molecule has 1 unspecified atom stereocenters. The van der Waals surface area contributed by atoms with Gasteiger partial charge in [-0.15, -0.1) is 12.4 Å². The van der Waals surface area contributed by atoms with Gasteiger partial charge in [0.05, 0.1) is 12.7 Å². The highest BCUT2D eigenvalue weighted by Gasteiger charge is 2.30. The maximum atomic E-state index is 12.3. The Balaban J connectivity index is 0.00000225. The molecule has 3 heterocycles. The van der Waals surface area contributed by atoms with Crippen LogP contribution in [0.1, 0.15) is 24.0 Å². The lowest BCUT2D eigenvalue weighted by atomic mass is 9.97. The first-order chi connectivity index (χ1) is 13.1. The Hall–Kier alpha value is -1.89. The van der Waals surface area contributed by atoms with E-state index in [-0.39, 0.29) is 18.3 Å². The summed E-state index contributed by atoms with van der Waals surface area (Å²) in [6, 6.07) is 7.04. The number of hydrogen-bond acceptors (Lipinski definition) is 4. The molecule has 6 nitrogen and oxygen atoms in total. The Morgan fingerprint density at radius 1 is 1.29 bits per heavy atom. The molecule has 28 heavy (non-hydrogen) atoms. The highest BCUT2D eigenvalue weighted by atomic mass is 35.5. The predicted octanol–water partition coefficient (Wildman–Crippen LogP) is 2.21. The van der Waals surface area contributed by atoms with E-state index in [0.717, 1.165) is 45.6 Å². The van der Waals surface area contributed by atoms with E-state index in [4.69, 9.17) is 0 Å². The first kappa shape index (κ1) is 20.8. The number of carbonyl (C=O) groups is 1. The van der Waals surface area contributed by atoms with E-state index in [2.05, 4.69) is 51.5 Å². The highest BCUT2D eigenvalue weighted by molar-refractivity contribution is 5.85. The van der Waals surface area contributed by atoms with Gasteiger partial charge in [-0.25, -0.2) is 0 Å². The molecule has 4 rings (SSSR count). The van der Waals surface area contributed by atoms with Crippen LogP contribution in [0.2, 0.25) is 0 Å². The molecule has 2 saturated heterocycles. The predicted molar refractivity (Wildman–Crippen MR) is 114 cm³/mol. The molecule has 1 atom stereocenters. The standard InChI is InChI=1S/C21H29N5O.ClH/c1-16-5-6-17(20(10-16)18-11-23-24(2)13-18)14-25-8-3-4-19(15-25)26-9-7-22-12-21(26)27;/h5-6,10-11,13,19,22H,3-4,7-9,12,14-15H2,1-2H3;1H. The van der Waals surface area contributed by atoms with E-state index in [0.29, 0.717) is 12.6 Å². The number of nitrogens with zero attached hydrogens (tertiary/aromatic N) is 4. The molecule has 0 radical (unpaired) electrons. The average Bonchev–Trinajstić information content (AvgIpc) is 3.10. The third-order valence-electron chi connectivity index (χ3n) is 5.72. The summed E-state index contributed by atoms with van der Waals surface area (Å²) in [6.07, 6.45) is 6.29. The van der Waals surface area contributed by atoms with Gasteiger partial charge in [-0.05, 0) is 37.4 Å². The number of carbonyl (C=O) groups excluding carboxylic acids is 1. The minimum absolute atomic E-state index is 0. The van der Waals surface area contributed by atoms with Gasteiger partial charge in [0.25, 0.3) is 0 Å². The fourth-order valence-corrected chi connectivity index (χ4v) is 4.33. The maximum absolute atomic E-state index is 12.3. The summed E-state index contributed by atoms with van der Waals surface area (Å²) in [5, 5.41) is 7.52. The van der Waals surface area contributed by atoms with Crippen LogP contribution >= 0.6 is 12.4 Å². The number of likely N-dealkylation sites (tertiary alicyclic amines) is 1. The fraction of sp³-hybridized carbons (Fsp3) is 0.524. The van der Waals surface area contributed by atoms with Crippen LogP contribution < -0.4 is 5.32 Å². The van der Waals surface area contributed by atoms with Crippen molar-refractivity contribution in [2.45, 2.75) is 32.4 Å². The second-order valence-electron chi connectivity index (χ2n) is 7.86. The molecule has 1 N–H and O–H groups in total. The summed E-state index contributed by atoms with van der Waals surface area (Å²) in [4.78, 5) is 16.9. The van der Waals surface area contributed by atoms with Crippen LogP contribution in [0.15, 0.2) is 30.6 Å². The zero-order chi connectivity index (χ0) is 18.8. The van der Waals surface area contributed by atoms with Gasteiger partial charge in [0.1, 0.15) is 0 Å². The van der Waals surface area contributed by atoms with Crippen LogP contribution in [0.4, 0.5) is 0 Å². The molecule has 0 bridgehead atoms. The molecular weight excluding hydrogens is 374 g/mol. The number of hydrogen-bond donors (Lipinski definition) is 1. The minimum Gasteiger partial charge on any atom is -0.336 e. The van der Waals surface area contributed by atoms with Crippen LogP contribution in [0, 0.1) is 6.92 Å². The largest absolute Gasteiger partial charge is 0.336 e. The third-order valence-corrected chi connectivity index (χ3v) is 5.72. The van der Waals surface area contributed by atoms with Gasteiger partial charge in [0, 0.05) is 51.0 Å². The molecular formula is C21H30ClN5O. The number of nitrogens with one attached hydrogen (secondary N) is 1. The van der Waals surface area contributed by atoms with E-state index >= 15 is 0 Å². The number of rotatable bonds is 4. The second-order valence-corrected chi connectivity index (χ2v) is 7.86. The SMILES string of the molecule is Cc1ccc(CN2CCCC(N3CCNCC3=O)C2)c(-c2cnn(C)c2)c1.Cl. The number of aromatic nitrogens is 2. The number of aryl methyl sites for hydroxylation is 2. The van der Waals surface area contributed by atoms with Gasteiger partial charge < -0.3 is 10.2 Å². The van der Waals surface area contributed by atoms with Crippen molar-refractivity contribution < 1.29 is 4.79 Å². The van der Waals surface area contributed by atoms with Crippen LogP contribution in [-0.2, 0) is 18.4 Å². The van der Waals surface area contributed by atoms with Gasteiger partial charge in [0.15, 0.2) is 0 Å². The van der Waals surface area contributed by atoms with Crippen LogP contribution in [0.5, 0.6) is 0 Å². The molecule has 0 aliphatic carbocycles. The average molecular weight is 404 g/mol. The molecule has 1 amide bonds. The molecule has 2 aromatic rings. The Bertz CT molecular complexity index is 821. The molecule has 2 aliphatic heterocycles. The number of amides is 1. The van der Waals surface area contributed by atoms with E-state index < -0.39 is 0 Å². The topological polar surface area (TPSA) is 53.4 Å². The van der Waals surface area contributed by atoms with Crippen molar-refractivity contribution >= 4 is 18.3 Å². The van der Waals surface area contributed by atoms with Gasteiger partial charge >= 0.3 is 0 Å². The smallest absolute Gasteiger partial charge is 0.236 e. The van der Waals surface area contributed by atoms with Crippen molar-refractivity contribution in [3.8, 4) is 11.1 Å². The zero-order valence-electron chi connectivity index (χ0n) is 16.7. The number of benzene rings is 1.